The number of nitrogens with two attached hydrogens (primary N) is 1. The van der Waals surface area contributed by atoms with Crippen molar-refractivity contribution in [2.24, 2.45) is 5.73 Å². The van der Waals surface area contributed by atoms with Crippen LogP contribution in [0.25, 0.3) is 0 Å². The number of aryl methyl sites for hydroxylation is 2. The Labute approximate surface area is 172 Å². The number of pyridine rings is 1. The van der Waals surface area contributed by atoms with E-state index in [0.29, 0.717) is 45.1 Å². The molecule has 1 heterocycles. The van der Waals surface area contributed by atoms with E-state index in [0.717, 1.165) is 23.4 Å². The van der Waals surface area contributed by atoms with E-state index in [2.05, 4.69) is 4.98 Å². The normalized spacial score (nSPS) is 12.0. The maximum absolute atomic E-state index is 12.5. The molecule has 0 saturated carbocycles. The van der Waals surface area contributed by atoms with Crippen molar-refractivity contribution < 1.29 is 18.9 Å². The lowest BCUT2D eigenvalue weighted by Crippen LogP contribution is -2.26. The lowest BCUT2D eigenvalue weighted by molar-refractivity contribution is -0.0000986. The van der Waals surface area contributed by atoms with Gasteiger partial charge in [0.25, 0.3) is 0 Å². The van der Waals surface area contributed by atoms with Crippen molar-refractivity contribution in [2.75, 3.05) is 40.6 Å². The fourth-order valence-electron chi connectivity index (χ4n) is 3.05. The van der Waals surface area contributed by atoms with Crippen molar-refractivity contribution in [1.82, 2.24) is 4.98 Å². The summed E-state index contributed by atoms with van der Waals surface area (Å²) < 4.78 is 21.6. The number of H-pyrrole nitrogens is 1. The van der Waals surface area contributed by atoms with Gasteiger partial charge in [0.1, 0.15) is 25.1 Å². The molecule has 160 valence electrons. The van der Waals surface area contributed by atoms with Gasteiger partial charge >= 0.3 is 0 Å². The smallest absolute Gasteiger partial charge is 0.194 e. The lowest BCUT2D eigenvalue weighted by Gasteiger charge is -2.16. The first-order valence-corrected chi connectivity index (χ1v) is 9.92. The van der Waals surface area contributed by atoms with Gasteiger partial charge in [0, 0.05) is 38.1 Å². The van der Waals surface area contributed by atoms with E-state index in [-0.39, 0.29) is 11.5 Å². The third kappa shape index (κ3) is 7.20. The molecule has 1 aromatic heterocycles. The number of aromatic nitrogens is 1. The van der Waals surface area contributed by atoms with Crippen molar-refractivity contribution in [3.8, 4) is 11.6 Å². The molecule has 0 spiro atoms. The second-order valence-electron chi connectivity index (χ2n) is 6.71. The van der Waals surface area contributed by atoms with E-state index >= 15 is 0 Å². The number of rotatable bonds is 13. The molecule has 0 radical (unpaired) electrons. The molecule has 29 heavy (non-hydrogen) atoms. The summed E-state index contributed by atoms with van der Waals surface area (Å²) in [7, 11) is 3.21. The molecule has 0 aliphatic carbocycles. The summed E-state index contributed by atoms with van der Waals surface area (Å²) in [6, 6.07) is 9.45. The van der Waals surface area contributed by atoms with Crippen molar-refractivity contribution >= 4 is 0 Å². The zero-order valence-corrected chi connectivity index (χ0v) is 17.5. The Morgan fingerprint density at radius 2 is 1.83 bits per heavy atom. The van der Waals surface area contributed by atoms with Gasteiger partial charge < -0.3 is 29.7 Å². The van der Waals surface area contributed by atoms with Crippen LogP contribution in [0.2, 0.25) is 0 Å². The number of nitrogens with one attached hydrogen (secondary N) is 1. The minimum Gasteiger partial charge on any atom is -0.492 e. The third-order valence-electron chi connectivity index (χ3n) is 4.64. The van der Waals surface area contributed by atoms with Crippen LogP contribution >= 0.6 is 0 Å². The van der Waals surface area contributed by atoms with Crippen LogP contribution < -0.4 is 20.6 Å². The van der Waals surface area contributed by atoms with Gasteiger partial charge in [-0.1, -0.05) is 19.1 Å². The van der Waals surface area contributed by atoms with E-state index in [1.807, 2.05) is 31.2 Å². The summed E-state index contributed by atoms with van der Waals surface area (Å²) in [6.45, 7) is 3.70. The Kier molecular flexibility index (Phi) is 9.70. The van der Waals surface area contributed by atoms with Gasteiger partial charge in [0.05, 0.1) is 6.61 Å². The SMILES string of the molecule is CCc1c(CCc2ccc(OCCN)cc2)[nH]c(OCC(COC)OC)cc1=O. The molecule has 1 atom stereocenters. The molecule has 2 aromatic rings. The Hall–Kier alpha value is -2.35. The van der Waals surface area contributed by atoms with Gasteiger partial charge in [-0.3, -0.25) is 4.79 Å². The summed E-state index contributed by atoms with van der Waals surface area (Å²) in [5.74, 6) is 1.26. The third-order valence-corrected chi connectivity index (χ3v) is 4.64. The highest BCUT2D eigenvalue weighted by atomic mass is 16.6. The molecular weight excluding hydrogens is 372 g/mol. The zero-order chi connectivity index (χ0) is 21.1. The largest absolute Gasteiger partial charge is 0.492 e. The molecule has 1 unspecified atom stereocenters. The van der Waals surface area contributed by atoms with E-state index < -0.39 is 0 Å². The predicted molar refractivity (Wildman–Crippen MR) is 113 cm³/mol. The highest BCUT2D eigenvalue weighted by Crippen LogP contribution is 2.16. The first kappa shape index (κ1) is 22.9. The quantitative estimate of drug-likeness (QED) is 0.531. The Balaban J connectivity index is 2.06. The molecule has 3 N–H and O–H groups in total. The van der Waals surface area contributed by atoms with Crippen molar-refractivity contribution in [1.29, 1.82) is 0 Å². The highest BCUT2D eigenvalue weighted by molar-refractivity contribution is 5.30. The molecule has 0 fully saturated rings. The second-order valence-corrected chi connectivity index (χ2v) is 6.71. The fraction of sp³-hybridized carbons (Fsp3) is 0.500. The first-order chi connectivity index (χ1) is 14.1. The summed E-state index contributed by atoms with van der Waals surface area (Å²) in [4.78, 5) is 15.8. The molecule has 0 aliphatic heterocycles. The van der Waals surface area contributed by atoms with Crippen LogP contribution in [-0.4, -0.2) is 51.7 Å². The standard InChI is InChI=1S/C22H32N2O5/c1-4-19-20(10-7-16-5-8-17(9-6-16)28-12-11-23)24-22(13-21(19)25)29-15-18(27-3)14-26-2/h5-6,8-9,13,18H,4,7,10-12,14-15,23H2,1-3H3,(H,24,25). The summed E-state index contributed by atoms with van der Waals surface area (Å²) in [5, 5.41) is 0. The number of methoxy groups -OCH3 is 2. The number of ether oxygens (including phenoxy) is 4. The van der Waals surface area contributed by atoms with Crippen LogP contribution in [0.15, 0.2) is 35.1 Å². The molecule has 0 bridgehead atoms. The highest BCUT2D eigenvalue weighted by Gasteiger charge is 2.12. The van der Waals surface area contributed by atoms with Crippen molar-refractivity contribution in [3.63, 3.8) is 0 Å². The van der Waals surface area contributed by atoms with Crippen molar-refractivity contribution in [2.45, 2.75) is 32.3 Å². The molecule has 0 saturated heterocycles. The summed E-state index contributed by atoms with van der Waals surface area (Å²) in [5.41, 5.74) is 8.30. The molecule has 0 amide bonds. The Morgan fingerprint density at radius 1 is 1.07 bits per heavy atom. The van der Waals surface area contributed by atoms with Gasteiger partial charge in [0.15, 0.2) is 11.3 Å². The summed E-state index contributed by atoms with van der Waals surface area (Å²) >= 11 is 0. The second kappa shape index (κ2) is 12.3. The van der Waals surface area contributed by atoms with Gasteiger partial charge in [0.2, 0.25) is 0 Å². The topological polar surface area (TPSA) is 95.8 Å². The molecule has 2 rings (SSSR count). The average molecular weight is 405 g/mol. The van der Waals surface area contributed by atoms with Crippen LogP contribution in [0, 0.1) is 0 Å². The van der Waals surface area contributed by atoms with Gasteiger partial charge in [-0.25, -0.2) is 0 Å². The zero-order valence-electron chi connectivity index (χ0n) is 17.5. The maximum atomic E-state index is 12.5. The fourth-order valence-corrected chi connectivity index (χ4v) is 3.05. The average Bonchev–Trinajstić information content (AvgIpc) is 2.74. The molecule has 0 aliphatic rings. The molecule has 1 aromatic carbocycles. The van der Waals surface area contributed by atoms with Gasteiger partial charge in [-0.05, 0) is 37.0 Å². The number of hydrogen-bond acceptors (Lipinski definition) is 6. The van der Waals surface area contributed by atoms with E-state index in [1.165, 1.54) is 11.6 Å². The number of hydrogen-bond donors (Lipinski definition) is 2. The molecule has 7 nitrogen and oxygen atoms in total. The maximum Gasteiger partial charge on any atom is 0.194 e. The monoisotopic (exact) mass is 404 g/mol. The van der Waals surface area contributed by atoms with Gasteiger partial charge in [-0.15, -0.1) is 0 Å². The minimum absolute atomic E-state index is 0.0116. The van der Waals surface area contributed by atoms with Crippen molar-refractivity contribution in [3.05, 3.63) is 57.4 Å². The van der Waals surface area contributed by atoms with Crippen LogP contribution in [0.3, 0.4) is 0 Å². The minimum atomic E-state index is -0.196. The molecular formula is C22H32N2O5. The van der Waals surface area contributed by atoms with Crippen LogP contribution in [-0.2, 0) is 28.7 Å². The van der Waals surface area contributed by atoms with E-state index in [1.54, 1.807) is 14.2 Å². The van der Waals surface area contributed by atoms with E-state index in [9.17, 15) is 4.79 Å². The lowest BCUT2D eigenvalue weighted by atomic mass is 10.0. The summed E-state index contributed by atoms with van der Waals surface area (Å²) in [6.07, 6.45) is 1.98. The van der Waals surface area contributed by atoms with Gasteiger partial charge in [-0.2, -0.15) is 0 Å². The predicted octanol–water partition coefficient (Wildman–Crippen LogP) is 2.10. The first-order valence-electron chi connectivity index (χ1n) is 9.92. The van der Waals surface area contributed by atoms with Crippen LogP contribution in [0.5, 0.6) is 11.6 Å². The number of aromatic amines is 1. The number of benzene rings is 1. The Bertz CT molecular complexity index is 789. The van der Waals surface area contributed by atoms with Crippen LogP contribution in [0.1, 0.15) is 23.7 Å². The van der Waals surface area contributed by atoms with E-state index in [4.69, 9.17) is 24.7 Å². The molecule has 7 heteroatoms. The Morgan fingerprint density at radius 3 is 2.45 bits per heavy atom. The van der Waals surface area contributed by atoms with Crippen LogP contribution in [0.4, 0.5) is 0 Å².